The highest BCUT2D eigenvalue weighted by molar-refractivity contribution is 9.10. The number of halogens is 2. The van der Waals surface area contributed by atoms with Gasteiger partial charge in [-0.2, -0.15) is 4.31 Å². The van der Waals surface area contributed by atoms with Crippen molar-refractivity contribution in [1.82, 2.24) is 4.31 Å². The highest BCUT2D eigenvalue weighted by Gasteiger charge is 2.28. The van der Waals surface area contributed by atoms with Crippen LogP contribution in [0.15, 0.2) is 27.6 Å². The van der Waals surface area contributed by atoms with E-state index in [9.17, 15) is 12.8 Å². The van der Waals surface area contributed by atoms with Crippen molar-refractivity contribution in [2.24, 2.45) is 5.92 Å². The maximum Gasteiger partial charge on any atom is 0.244 e. The molecule has 0 N–H and O–H groups in total. The van der Waals surface area contributed by atoms with Gasteiger partial charge in [-0.1, -0.05) is 6.92 Å². The van der Waals surface area contributed by atoms with Crippen LogP contribution in [0, 0.1) is 11.7 Å². The second-order valence-electron chi connectivity index (χ2n) is 5.01. The zero-order chi connectivity index (χ0) is 14.0. The van der Waals surface area contributed by atoms with Crippen LogP contribution in [0.5, 0.6) is 0 Å². The van der Waals surface area contributed by atoms with Crippen LogP contribution in [0.3, 0.4) is 0 Å². The molecule has 1 aliphatic rings. The van der Waals surface area contributed by atoms with Crippen molar-refractivity contribution in [3.63, 3.8) is 0 Å². The third-order valence-corrected chi connectivity index (χ3v) is 6.36. The molecule has 0 saturated carbocycles. The molecule has 2 rings (SSSR count). The minimum Gasteiger partial charge on any atom is -0.207 e. The minimum absolute atomic E-state index is 0.142. The Balaban J connectivity index is 2.31. The van der Waals surface area contributed by atoms with Gasteiger partial charge in [0, 0.05) is 17.6 Å². The molecule has 0 spiro atoms. The number of benzene rings is 1. The van der Waals surface area contributed by atoms with Gasteiger partial charge < -0.3 is 0 Å². The summed E-state index contributed by atoms with van der Waals surface area (Å²) in [5.41, 5.74) is 0. The quantitative estimate of drug-likeness (QED) is 0.820. The molecular formula is C13H17BrFNO2S. The summed E-state index contributed by atoms with van der Waals surface area (Å²) in [7, 11) is -3.54. The Hall–Kier alpha value is -0.460. The molecule has 0 amide bonds. The van der Waals surface area contributed by atoms with Crippen molar-refractivity contribution in [2.75, 3.05) is 13.1 Å². The van der Waals surface area contributed by atoms with Crippen LogP contribution in [0.25, 0.3) is 0 Å². The predicted octanol–water partition coefficient (Wildman–Crippen LogP) is 3.40. The second-order valence-corrected chi connectivity index (χ2v) is 7.78. The summed E-state index contributed by atoms with van der Waals surface area (Å²) in [6.45, 7) is 3.22. The molecule has 1 heterocycles. The largest absolute Gasteiger partial charge is 0.244 e. The zero-order valence-corrected chi connectivity index (χ0v) is 13.2. The standard InChI is InChI=1S/C13H17BrFNO2S/c1-10-3-2-7-16(8-6-10)19(17,18)13-5-4-11(15)9-12(13)14/h4-5,9-10H,2-3,6-8H2,1H3. The van der Waals surface area contributed by atoms with Crippen LogP contribution in [0.1, 0.15) is 26.2 Å². The summed E-state index contributed by atoms with van der Waals surface area (Å²) in [5, 5.41) is 0. The first kappa shape index (κ1) is 14.9. The SMILES string of the molecule is CC1CCCN(S(=O)(=O)c2ccc(F)cc2Br)CC1. The lowest BCUT2D eigenvalue weighted by atomic mass is 10.0. The van der Waals surface area contributed by atoms with E-state index in [4.69, 9.17) is 0 Å². The van der Waals surface area contributed by atoms with Gasteiger partial charge in [-0.05, 0) is 59.3 Å². The van der Waals surface area contributed by atoms with E-state index in [-0.39, 0.29) is 9.37 Å². The number of rotatable bonds is 2. The van der Waals surface area contributed by atoms with Crippen molar-refractivity contribution in [3.05, 3.63) is 28.5 Å². The smallest absolute Gasteiger partial charge is 0.207 e. The van der Waals surface area contributed by atoms with Gasteiger partial charge in [0.15, 0.2) is 0 Å². The fourth-order valence-corrected chi connectivity index (χ4v) is 4.80. The van der Waals surface area contributed by atoms with Crippen molar-refractivity contribution in [1.29, 1.82) is 0 Å². The molecule has 1 aliphatic heterocycles. The molecule has 1 aromatic carbocycles. The average molecular weight is 350 g/mol. The lowest BCUT2D eigenvalue weighted by molar-refractivity contribution is 0.416. The Morgan fingerprint density at radius 3 is 2.74 bits per heavy atom. The summed E-state index contributed by atoms with van der Waals surface area (Å²) >= 11 is 3.14. The summed E-state index contributed by atoms with van der Waals surface area (Å²) < 4.78 is 40.0. The fraction of sp³-hybridized carbons (Fsp3) is 0.538. The second kappa shape index (κ2) is 5.89. The number of sulfonamides is 1. The van der Waals surface area contributed by atoms with Gasteiger partial charge in [-0.15, -0.1) is 0 Å². The number of hydrogen-bond donors (Lipinski definition) is 0. The summed E-state index contributed by atoms with van der Waals surface area (Å²) in [5.74, 6) is 0.104. The molecular weight excluding hydrogens is 333 g/mol. The van der Waals surface area contributed by atoms with Crippen LogP contribution in [0.4, 0.5) is 4.39 Å². The minimum atomic E-state index is -3.54. The van der Waals surface area contributed by atoms with Gasteiger partial charge in [0.2, 0.25) is 10.0 Å². The van der Waals surface area contributed by atoms with Crippen molar-refractivity contribution < 1.29 is 12.8 Å². The van der Waals surface area contributed by atoms with Crippen LogP contribution in [-0.4, -0.2) is 25.8 Å². The highest BCUT2D eigenvalue weighted by atomic mass is 79.9. The van der Waals surface area contributed by atoms with Crippen LogP contribution < -0.4 is 0 Å². The van der Waals surface area contributed by atoms with E-state index in [0.29, 0.717) is 19.0 Å². The molecule has 0 aromatic heterocycles. The average Bonchev–Trinajstić information content (AvgIpc) is 2.53. The molecule has 19 heavy (non-hydrogen) atoms. The predicted molar refractivity (Wildman–Crippen MR) is 75.9 cm³/mol. The van der Waals surface area contributed by atoms with E-state index in [2.05, 4.69) is 22.9 Å². The van der Waals surface area contributed by atoms with Gasteiger partial charge in [-0.3, -0.25) is 0 Å². The molecule has 0 aliphatic carbocycles. The topological polar surface area (TPSA) is 37.4 Å². The molecule has 0 bridgehead atoms. The molecule has 1 saturated heterocycles. The van der Waals surface area contributed by atoms with E-state index < -0.39 is 15.8 Å². The first-order valence-electron chi connectivity index (χ1n) is 6.36. The molecule has 6 heteroatoms. The molecule has 106 valence electrons. The zero-order valence-electron chi connectivity index (χ0n) is 10.8. The lowest BCUT2D eigenvalue weighted by Gasteiger charge is -2.20. The van der Waals surface area contributed by atoms with Crippen LogP contribution in [0.2, 0.25) is 0 Å². The normalized spacial score (nSPS) is 22.2. The molecule has 0 radical (unpaired) electrons. The van der Waals surface area contributed by atoms with Crippen molar-refractivity contribution >= 4 is 26.0 Å². The molecule has 1 unspecified atom stereocenters. The van der Waals surface area contributed by atoms with Gasteiger partial charge in [-0.25, -0.2) is 12.8 Å². The van der Waals surface area contributed by atoms with Crippen molar-refractivity contribution in [3.8, 4) is 0 Å². The maximum absolute atomic E-state index is 13.1. The van der Waals surface area contributed by atoms with Crippen LogP contribution >= 0.6 is 15.9 Å². The van der Waals surface area contributed by atoms with E-state index in [1.165, 1.54) is 22.5 Å². The van der Waals surface area contributed by atoms with Crippen LogP contribution in [-0.2, 0) is 10.0 Å². The van der Waals surface area contributed by atoms with E-state index in [1.807, 2.05) is 0 Å². The molecule has 1 fully saturated rings. The van der Waals surface area contributed by atoms with E-state index >= 15 is 0 Å². The van der Waals surface area contributed by atoms with E-state index in [0.717, 1.165) is 19.3 Å². The van der Waals surface area contributed by atoms with Gasteiger partial charge in [0.1, 0.15) is 5.82 Å². The molecule has 3 nitrogen and oxygen atoms in total. The molecule has 1 atom stereocenters. The Morgan fingerprint density at radius 1 is 1.32 bits per heavy atom. The van der Waals surface area contributed by atoms with Gasteiger partial charge in [0.25, 0.3) is 0 Å². The number of nitrogens with zero attached hydrogens (tertiary/aromatic N) is 1. The van der Waals surface area contributed by atoms with Gasteiger partial charge in [0.05, 0.1) is 4.90 Å². The monoisotopic (exact) mass is 349 g/mol. The lowest BCUT2D eigenvalue weighted by Crippen LogP contribution is -2.32. The fourth-order valence-electron chi connectivity index (χ4n) is 2.30. The Kier molecular flexibility index (Phi) is 4.63. The first-order chi connectivity index (χ1) is 8.91. The van der Waals surface area contributed by atoms with E-state index in [1.54, 1.807) is 0 Å². The Labute approximate surface area is 122 Å². The summed E-state index contributed by atoms with van der Waals surface area (Å²) in [6, 6.07) is 3.69. The third kappa shape index (κ3) is 3.35. The summed E-state index contributed by atoms with van der Waals surface area (Å²) in [6.07, 6.45) is 2.80. The Bertz CT molecular complexity index is 562. The van der Waals surface area contributed by atoms with Crippen molar-refractivity contribution in [2.45, 2.75) is 31.1 Å². The first-order valence-corrected chi connectivity index (χ1v) is 8.60. The van der Waals surface area contributed by atoms with Gasteiger partial charge >= 0.3 is 0 Å². The number of hydrogen-bond acceptors (Lipinski definition) is 2. The Morgan fingerprint density at radius 2 is 2.05 bits per heavy atom. The molecule has 1 aromatic rings. The highest BCUT2D eigenvalue weighted by Crippen LogP contribution is 2.28. The maximum atomic E-state index is 13.1. The third-order valence-electron chi connectivity index (χ3n) is 3.49. The summed E-state index contributed by atoms with van der Waals surface area (Å²) in [4.78, 5) is 0.142.